The molecule has 0 radical (unpaired) electrons. The highest BCUT2D eigenvalue weighted by Crippen LogP contribution is 2.39. The number of pyridine rings is 1. The van der Waals surface area contributed by atoms with Gasteiger partial charge in [-0.15, -0.1) is 0 Å². The predicted molar refractivity (Wildman–Crippen MR) is 140 cm³/mol. The lowest BCUT2D eigenvalue weighted by Gasteiger charge is -2.11. The summed E-state index contributed by atoms with van der Waals surface area (Å²) in [6.07, 6.45) is 7.23. The van der Waals surface area contributed by atoms with Crippen molar-refractivity contribution in [2.45, 2.75) is 11.8 Å². The average Bonchev–Trinajstić information content (AvgIpc) is 3.27. The molecule has 0 spiro atoms. The Balaban J connectivity index is 1.60. The van der Waals surface area contributed by atoms with E-state index in [2.05, 4.69) is 61.1 Å². The molecule has 0 aliphatic rings. The molecule has 0 bridgehead atoms. The van der Waals surface area contributed by atoms with Gasteiger partial charge in [-0.1, -0.05) is 17.0 Å². The van der Waals surface area contributed by atoms with Crippen LogP contribution in [-0.2, 0) is 0 Å². The van der Waals surface area contributed by atoms with Crippen molar-refractivity contribution in [1.29, 1.82) is 0 Å². The Kier molecular flexibility index (Phi) is 6.24. The van der Waals surface area contributed by atoms with Gasteiger partial charge in [0.1, 0.15) is 11.3 Å². The summed E-state index contributed by atoms with van der Waals surface area (Å²) in [6.45, 7) is 2.07. The van der Waals surface area contributed by atoms with Crippen LogP contribution in [0, 0.1) is 0 Å². The van der Waals surface area contributed by atoms with Gasteiger partial charge in [-0.05, 0) is 67.8 Å². The smallest absolute Gasteiger partial charge is 0.228 e. The summed E-state index contributed by atoms with van der Waals surface area (Å²) in [7, 11) is 0.0954. The Morgan fingerprint density at radius 1 is 1.00 bits per heavy atom. The van der Waals surface area contributed by atoms with Gasteiger partial charge in [0.2, 0.25) is 5.95 Å². The van der Waals surface area contributed by atoms with Crippen LogP contribution in [0.15, 0.2) is 78.1 Å². The number of ether oxygens (including phenoxy) is 1. The van der Waals surface area contributed by atoms with Crippen molar-refractivity contribution in [3.05, 3.63) is 78.2 Å². The molecule has 7 nitrogen and oxygen atoms in total. The lowest BCUT2D eigenvalue weighted by atomic mass is 10.1. The summed E-state index contributed by atoms with van der Waals surface area (Å²) >= 11 is 6.46. The van der Waals surface area contributed by atoms with Crippen LogP contribution < -0.4 is 10.1 Å². The van der Waals surface area contributed by atoms with Gasteiger partial charge in [0, 0.05) is 34.4 Å². The molecule has 0 fully saturated rings. The summed E-state index contributed by atoms with van der Waals surface area (Å²) < 4.78 is 6.32. The minimum atomic E-state index is 0.0954. The van der Waals surface area contributed by atoms with E-state index in [1.165, 1.54) is 4.90 Å². The number of benzene rings is 2. The van der Waals surface area contributed by atoms with Crippen molar-refractivity contribution in [2.75, 3.05) is 11.6 Å². The Bertz CT molecular complexity index is 1490. The number of halogens is 1. The molecule has 0 aliphatic heterocycles. The standard InChI is InChI=1S/C25H21ClN6OS/c1-3-34(2)18-9-7-17(8-10-18)33-21-15-16(22-20(26)6-4-11-27-22)14-19-23(21)31-32-24(19)30-25-28-12-5-13-29-25/h3-15H,1-2H3,(H2,28,29,30,31,32). The monoisotopic (exact) mass is 488 g/mol. The maximum Gasteiger partial charge on any atom is 0.228 e. The maximum atomic E-state index is 6.46. The van der Waals surface area contributed by atoms with E-state index >= 15 is 0 Å². The fourth-order valence-corrected chi connectivity index (χ4v) is 4.52. The first kappa shape index (κ1) is 22.1. The molecule has 5 aromatic rings. The van der Waals surface area contributed by atoms with Crippen molar-refractivity contribution in [3.63, 3.8) is 0 Å². The number of nitrogens with one attached hydrogen (secondary N) is 2. The SMILES string of the molecule is C/C=S(\C)c1ccc(Oc2cc(-c3ncccc3Cl)cc3c(Nc4ncccn4)n[nH]c23)cc1. The molecular weight excluding hydrogens is 468 g/mol. The molecule has 5 rings (SSSR count). The molecule has 0 saturated heterocycles. The molecule has 34 heavy (non-hydrogen) atoms. The highest BCUT2D eigenvalue weighted by atomic mass is 35.5. The van der Waals surface area contributed by atoms with E-state index < -0.39 is 0 Å². The zero-order chi connectivity index (χ0) is 23.5. The number of nitrogens with zero attached hydrogens (tertiary/aromatic N) is 4. The minimum Gasteiger partial charge on any atom is -0.455 e. The number of fused-ring (bicyclic) bond motifs is 1. The predicted octanol–water partition coefficient (Wildman–Crippen LogP) is 6.68. The van der Waals surface area contributed by atoms with Gasteiger partial charge in [0.25, 0.3) is 0 Å². The average molecular weight is 489 g/mol. The van der Waals surface area contributed by atoms with Crippen LogP contribution >= 0.6 is 22.1 Å². The summed E-state index contributed by atoms with van der Waals surface area (Å²) in [5.41, 5.74) is 2.19. The summed E-state index contributed by atoms with van der Waals surface area (Å²) in [6, 6.07) is 17.4. The quantitative estimate of drug-likeness (QED) is 0.259. The second-order valence-corrected chi connectivity index (χ2v) is 9.83. The van der Waals surface area contributed by atoms with E-state index in [-0.39, 0.29) is 10.5 Å². The Morgan fingerprint density at radius 3 is 2.50 bits per heavy atom. The molecule has 0 saturated carbocycles. The zero-order valence-electron chi connectivity index (χ0n) is 18.5. The second-order valence-electron chi connectivity index (χ2n) is 7.37. The molecular formula is C25H21ClN6OS. The van der Waals surface area contributed by atoms with Crippen LogP contribution in [0.25, 0.3) is 22.2 Å². The van der Waals surface area contributed by atoms with Crippen molar-refractivity contribution in [1.82, 2.24) is 25.1 Å². The first-order valence-corrected chi connectivity index (χ1v) is 12.6. The number of hydrogen-bond donors (Lipinski definition) is 2. The molecule has 2 aromatic carbocycles. The van der Waals surface area contributed by atoms with Gasteiger partial charge in [-0.3, -0.25) is 10.1 Å². The van der Waals surface area contributed by atoms with Crippen LogP contribution in [0.5, 0.6) is 11.5 Å². The lowest BCUT2D eigenvalue weighted by Crippen LogP contribution is -1.96. The molecule has 1 atom stereocenters. The first-order chi connectivity index (χ1) is 16.6. The molecule has 1 unspecified atom stereocenters. The Labute approximate surface area is 204 Å². The van der Waals surface area contributed by atoms with Crippen molar-refractivity contribution in [3.8, 4) is 22.8 Å². The fourth-order valence-electron chi connectivity index (χ4n) is 3.46. The minimum absolute atomic E-state index is 0.0954. The molecule has 0 amide bonds. The lowest BCUT2D eigenvalue weighted by molar-refractivity contribution is 0.487. The summed E-state index contributed by atoms with van der Waals surface area (Å²) in [5, 5.41) is 14.2. The summed E-state index contributed by atoms with van der Waals surface area (Å²) in [5.74, 6) is 2.34. The molecule has 9 heteroatoms. The second kappa shape index (κ2) is 9.62. The van der Waals surface area contributed by atoms with Gasteiger partial charge in [0.15, 0.2) is 11.6 Å². The van der Waals surface area contributed by atoms with Crippen molar-refractivity contribution >= 4 is 50.1 Å². The van der Waals surface area contributed by atoms with Crippen LogP contribution in [0.1, 0.15) is 6.92 Å². The highest BCUT2D eigenvalue weighted by molar-refractivity contribution is 8.14. The number of anilines is 2. The van der Waals surface area contributed by atoms with E-state index in [0.717, 1.165) is 22.2 Å². The van der Waals surface area contributed by atoms with Gasteiger partial charge in [0.05, 0.1) is 10.7 Å². The first-order valence-electron chi connectivity index (χ1n) is 10.5. The zero-order valence-corrected chi connectivity index (χ0v) is 20.1. The molecule has 170 valence electrons. The normalized spacial score (nSPS) is 12.1. The number of aromatic nitrogens is 5. The summed E-state index contributed by atoms with van der Waals surface area (Å²) in [4.78, 5) is 14.2. The van der Waals surface area contributed by atoms with Crippen LogP contribution in [-0.4, -0.2) is 36.8 Å². The van der Waals surface area contributed by atoms with E-state index in [0.29, 0.717) is 28.2 Å². The van der Waals surface area contributed by atoms with E-state index in [9.17, 15) is 0 Å². The molecule has 3 heterocycles. The van der Waals surface area contributed by atoms with Gasteiger partial charge < -0.3 is 10.1 Å². The third-order valence-electron chi connectivity index (χ3n) is 5.24. The number of aromatic amines is 1. The van der Waals surface area contributed by atoms with Gasteiger partial charge >= 0.3 is 0 Å². The van der Waals surface area contributed by atoms with Crippen molar-refractivity contribution in [2.24, 2.45) is 0 Å². The number of rotatable bonds is 6. The molecule has 0 aliphatic carbocycles. The maximum absolute atomic E-state index is 6.46. The van der Waals surface area contributed by atoms with Crippen LogP contribution in [0.2, 0.25) is 5.02 Å². The third kappa shape index (κ3) is 4.50. The molecule has 3 aromatic heterocycles. The van der Waals surface area contributed by atoms with E-state index in [1.807, 2.05) is 30.3 Å². The Morgan fingerprint density at radius 2 is 1.76 bits per heavy atom. The van der Waals surface area contributed by atoms with E-state index in [4.69, 9.17) is 16.3 Å². The highest BCUT2D eigenvalue weighted by Gasteiger charge is 2.17. The van der Waals surface area contributed by atoms with E-state index in [1.54, 1.807) is 30.7 Å². The van der Waals surface area contributed by atoms with Gasteiger partial charge in [-0.2, -0.15) is 15.6 Å². The third-order valence-corrected chi connectivity index (χ3v) is 7.27. The number of H-pyrrole nitrogens is 1. The van der Waals surface area contributed by atoms with Crippen LogP contribution in [0.3, 0.4) is 0 Å². The van der Waals surface area contributed by atoms with Crippen molar-refractivity contribution < 1.29 is 4.74 Å². The van der Waals surface area contributed by atoms with Crippen LogP contribution in [0.4, 0.5) is 11.8 Å². The Hall–Kier alpha value is -3.75. The van der Waals surface area contributed by atoms with Gasteiger partial charge in [-0.25, -0.2) is 9.97 Å². The largest absolute Gasteiger partial charge is 0.455 e. The molecule has 2 N–H and O–H groups in total. The number of hydrogen-bond acceptors (Lipinski definition) is 6. The fraction of sp³-hybridized carbons (Fsp3) is 0.0800. The topological polar surface area (TPSA) is 88.6 Å².